The summed E-state index contributed by atoms with van der Waals surface area (Å²) >= 11 is 2.96. The molecule has 0 aliphatic heterocycles. The number of hydrogen-bond acceptors (Lipinski definition) is 5. The number of benzene rings is 3. The van der Waals surface area contributed by atoms with Gasteiger partial charge in [-0.2, -0.15) is 4.72 Å². The van der Waals surface area contributed by atoms with Gasteiger partial charge >= 0.3 is 18.4 Å². The first kappa shape index (κ1) is 29.4. The molecule has 0 heterocycles. The number of aliphatic carboxylic acids is 1. The highest BCUT2D eigenvalue weighted by atomic mass is 79.9. The Labute approximate surface area is 235 Å². The van der Waals surface area contributed by atoms with Crippen LogP contribution in [0.25, 0.3) is 11.1 Å². The van der Waals surface area contributed by atoms with Crippen molar-refractivity contribution in [1.82, 2.24) is 10.0 Å². The molecule has 40 heavy (non-hydrogen) atoms. The Balaban J connectivity index is 1.48. The molecule has 0 radical (unpaired) electrons. The number of halogens is 4. The Bertz CT molecular complexity index is 1510. The maximum atomic E-state index is 12.9. The van der Waals surface area contributed by atoms with E-state index in [4.69, 9.17) is 0 Å². The van der Waals surface area contributed by atoms with E-state index < -0.39 is 39.0 Å². The fraction of sp³-hybridized carbons (Fsp3) is 0.231. The van der Waals surface area contributed by atoms with E-state index in [1.807, 2.05) is 10.8 Å². The third-order valence-corrected chi connectivity index (χ3v) is 7.78. The van der Waals surface area contributed by atoms with Crippen LogP contribution in [0.15, 0.2) is 76.1 Å². The van der Waals surface area contributed by atoms with Gasteiger partial charge in [0.1, 0.15) is 10.9 Å². The van der Waals surface area contributed by atoms with Gasteiger partial charge < -0.3 is 20.5 Å². The van der Waals surface area contributed by atoms with Crippen LogP contribution < -0.4 is 20.1 Å². The lowest BCUT2D eigenvalue weighted by Gasteiger charge is -2.18. The van der Waals surface area contributed by atoms with Gasteiger partial charge in [-0.05, 0) is 66.3 Å². The van der Waals surface area contributed by atoms with Crippen molar-refractivity contribution in [2.45, 2.75) is 42.6 Å². The molecule has 4 rings (SSSR count). The van der Waals surface area contributed by atoms with Crippen LogP contribution in [0.2, 0.25) is 0 Å². The normalized spacial score (nSPS) is 14.3. The Morgan fingerprint density at radius 3 is 2.35 bits per heavy atom. The van der Waals surface area contributed by atoms with Gasteiger partial charge in [-0.3, -0.25) is 4.79 Å². The van der Waals surface area contributed by atoms with E-state index in [2.05, 4.69) is 31.3 Å². The smallest absolute Gasteiger partial charge is 0.480 e. The van der Waals surface area contributed by atoms with E-state index in [1.165, 1.54) is 6.07 Å². The molecular formula is C26H23BrF3N3O6S. The molecule has 1 aliphatic rings. The number of rotatable bonds is 10. The summed E-state index contributed by atoms with van der Waals surface area (Å²) in [4.78, 5) is 23.0. The largest absolute Gasteiger partial charge is 0.573 e. The topological polar surface area (TPSA) is 134 Å². The number of hydrogen-bond donors (Lipinski definition) is 4. The summed E-state index contributed by atoms with van der Waals surface area (Å²) in [7, 11) is -4.73. The molecule has 3 aromatic rings. The fourth-order valence-corrected chi connectivity index (χ4v) is 5.40. The molecule has 0 aromatic heterocycles. The van der Waals surface area contributed by atoms with E-state index in [0.717, 1.165) is 36.1 Å². The zero-order valence-corrected chi connectivity index (χ0v) is 22.9. The van der Waals surface area contributed by atoms with E-state index in [0.29, 0.717) is 11.3 Å². The molecule has 0 spiro atoms. The van der Waals surface area contributed by atoms with Gasteiger partial charge in [0.2, 0.25) is 10.0 Å². The minimum absolute atomic E-state index is 0.128. The van der Waals surface area contributed by atoms with E-state index >= 15 is 0 Å². The molecule has 4 N–H and O–H groups in total. The second-order valence-corrected chi connectivity index (χ2v) is 11.6. The number of alkyl halides is 3. The van der Waals surface area contributed by atoms with Crippen molar-refractivity contribution < 1.29 is 41.0 Å². The van der Waals surface area contributed by atoms with Gasteiger partial charge in [-0.1, -0.05) is 52.3 Å². The van der Waals surface area contributed by atoms with Gasteiger partial charge in [0.05, 0.1) is 0 Å². The standard InChI is InChI=1S/C26H23BrF3N3O6S/c27-18-8-11-23(22(14-18)39-26(28,29)30)40(37,38)33-21(24(34)35)12-15-4-6-16(7-5-15)17-2-1-3-20(13-17)32-25(36)31-19-9-10-19/h1-8,11,13-14,19,21,33H,9-10,12H2,(H,34,35)(H2,31,32,36)/t21-/m0/s1. The van der Waals surface area contributed by atoms with Gasteiger partial charge in [0.15, 0.2) is 5.75 Å². The molecule has 3 aromatic carbocycles. The molecule has 0 unspecified atom stereocenters. The van der Waals surface area contributed by atoms with Crippen LogP contribution >= 0.6 is 15.9 Å². The van der Waals surface area contributed by atoms with E-state index in [-0.39, 0.29) is 23.0 Å². The molecule has 1 fully saturated rings. The summed E-state index contributed by atoms with van der Waals surface area (Å²) in [5.74, 6) is -2.53. The number of carbonyl (C=O) groups is 2. The second-order valence-electron chi connectivity index (χ2n) is 9.01. The van der Waals surface area contributed by atoms with Crippen molar-refractivity contribution in [2.24, 2.45) is 0 Å². The first-order valence-corrected chi connectivity index (χ1v) is 14.1. The summed E-state index contributed by atoms with van der Waals surface area (Å²) < 4.78 is 70.2. The third kappa shape index (κ3) is 8.19. The molecule has 14 heteroatoms. The zero-order valence-electron chi connectivity index (χ0n) is 20.5. The Morgan fingerprint density at radius 1 is 1.02 bits per heavy atom. The average Bonchev–Trinajstić information content (AvgIpc) is 3.66. The first-order valence-electron chi connectivity index (χ1n) is 11.9. The van der Waals surface area contributed by atoms with Crippen molar-refractivity contribution in [2.75, 3.05) is 5.32 Å². The molecule has 9 nitrogen and oxygen atoms in total. The monoisotopic (exact) mass is 641 g/mol. The Morgan fingerprint density at radius 2 is 1.73 bits per heavy atom. The predicted octanol–water partition coefficient (Wildman–Crippen LogP) is 5.27. The number of ether oxygens (including phenoxy) is 1. The third-order valence-electron chi connectivity index (χ3n) is 5.78. The lowest BCUT2D eigenvalue weighted by molar-refractivity contribution is -0.275. The lowest BCUT2D eigenvalue weighted by Crippen LogP contribution is -2.42. The molecule has 0 bridgehead atoms. The van der Waals surface area contributed by atoms with E-state index in [1.54, 1.807) is 42.5 Å². The quantitative estimate of drug-likeness (QED) is 0.238. The summed E-state index contributed by atoms with van der Waals surface area (Å²) in [6.45, 7) is 0. The number of sulfonamides is 1. The summed E-state index contributed by atoms with van der Waals surface area (Å²) in [6.07, 6.45) is -3.54. The minimum atomic E-state index is -5.17. The number of anilines is 1. The van der Waals surface area contributed by atoms with Crippen molar-refractivity contribution >= 4 is 43.6 Å². The van der Waals surface area contributed by atoms with Crippen molar-refractivity contribution in [3.63, 3.8) is 0 Å². The number of urea groups is 1. The molecular weight excluding hydrogens is 619 g/mol. The van der Waals surface area contributed by atoms with Crippen LogP contribution in [0.4, 0.5) is 23.7 Å². The highest BCUT2D eigenvalue weighted by Gasteiger charge is 2.35. The van der Waals surface area contributed by atoms with Gasteiger partial charge in [-0.15, -0.1) is 13.2 Å². The molecule has 212 valence electrons. The van der Waals surface area contributed by atoms with Crippen LogP contribution in [0.3, 0.4) is 0 Å². The second kappa shape index (κ2) is 11.9. The first-order chi connectivity index (χ1) is 18.8. The maximum Gasteiger partial charge on any atom is 0.573 e. The van der Waals surface area contributed by atoms with Gasteiger partial charge in [-0.25, -0.2) is 13.2 Å². The predicted molar refractivity (Wildman–Crippen MR) is 143 cm³/mol. The minimum Gasteiger partial charge on any atom is -0.480 e. The molecule has 1 saturated carbocycles. The number of carbonyl (C=O) groups excluding carboxylic acids is 1. The van der Waals surface area contributed by atoms with Gasteiger partial charge in [0, 0.05) is 16.2 Å². The molecule has 2 amide bonds. The van der Waals surface area contributed by atoms with Gasteiger partial charge in [0.25, 0.3) is 0 Å². The number of nitrogens with one attached hydrogen (secondary N) is 3. The zero-order chi connectivity index (χ0) is 29.1. The van der Waals surface area contributed by atoms with Crippen LogP contribution in [-0.2, 0) is 21.2 Å². The SMILES string of the molecule is O=C(Nc1cccc(-c2ccc(C[C@H](NS(=O)(=O)c3ccc(Br)cc3OC(F)(F)F)C(=O)O)cc2)c1)NC1CC1. The van der Waals surface area contributed by atoms with Crippen LogP contribution in [0.1, 0.15) is 18.4 Å². The fourth-order valence-electron chi connectivity index (χ4n) is 3.76. The van der Waals surface area contributed by atoms with Crippen molar-refractivity contribution in [3.05, 3.63) is 76.8 Å². The average molecular weight is 642 g/mol. The summed E-state index contributed by atoms with van der Waals surface area (Å²) in [6, 6.07) is 14.8. The number of carboxylic acids is 1. The number of amides is 2. The highest BCUT2D eigenvalue weighted by molar-refractivity contribution is 9.10. The highest BCUT2D eigenvalue weighted by Crippen LogP contribution is 2.32. The summed E-state index contributed by atoms with van der Waals surface area (Å²) in [5, 5.41) is 15.3. The molecule has 0 saturated heterocycles. The lowest BCUT2D eigenvalue weighted by atomic mass is 10.0. The Kier molecular flexibility index (Phi) is 8.71. The molecule has 1 aliphatic carbocycles. The van der Waals surface area contributed by atoms with Crippen molar-refractivity contribution in [1.29, 1.82) is 0 Å². The maximum absolute atomic E-state index is 12.9. The van der Waals surface area contributed by atoms with E-state index in [9.17, 15) is 36.3 Å². The molecule has 1 atom stereocenters. The van der Waals surface area contributed by atoms with Crippen LogP contribution in [0, 0.1) is 0 Å². The van der Waals surface area contributed by atoms with Crippen LogP contribution in [0.5, 0.6) is 5.75 Å². The number of carboxylic acid groups (broad SMARTS) is 1. The van der Waals surface area contributed by atoms with Crippen molar-refractivity contribution in [3.8, 4) is 16.9 Å². The summed E-state index contributed by atoms with van der Waals surface area (Å²) in [5.41, 5.74) is 2.58. The Hall–Kier alpha value is -3.62. The van der Waals surface area contributed by atoms with Crippen LogP contribution in [-0.4, -0.2) is 44.0 Å².